The standard InChI is InChI=1S/C20H40N4O3/c1-8-21-18(24-13-11-17(14-24)15-26-9-2)22-12-10-16(3)23(7)19(25)27-20(4,5)6/h16-17H,8-15H2,1-7H3,(H,21,22). The van der Waals surface area contributed by atoms with Crippen LogP contribution >= 0.6 is 0 Å². The van der Waals surface area contributed by atoms with Gasteiger partial charge in [-0.25, -0.2) is 4.79 Å². The molecule has 0 bridgehead atoms. The SMILES string of the molecule is CCNC(=NCCC(C)N(C)C(=O)OC(C)(C)C)N1CCC(COCC)C1. The number of nitrogens with zero attached hydrogens (tertiary/aromatic N) is 3. The molecule has 1 heterocycles. The minimum Gasteiger partial charge on any atom is -0.444 e. The highest BCUT2D eigenvalue weighted by atomic mass is 16.6. The summed E-state index contributed by atoms with van der Waals surface area (Å²) in [5.41, 5.74) is -0.477. The number of ether oxygens (including phenoxy) is 2. The third-order valence-electron chi connectivity index (χ3n) is 4.63. The van der Waals surface area contributed by atoms with Crippen LogP contribution in [0.5, 0.6) is 0 Å². The minimum absolute atomic E-state index is 0.0655. The fourth-order valence-corrected chi connectivity index (χ4v) is 2.94. The number of amides is 1. The number of rotatable bonds is 8. The molecule has 0 spiro atoms. The molecule has 1 aliphatic rings. The van der Waals surface area contributed by atoms with Crippen molar-refractivity contribution in [3.63, 3.8) is 0 Å². The van der Waals surface area contributed by atoms with Gasteiger partial charge in [-0.05, 0) is 54.4 Å². The van der Waals surface area contributed by atoms with E-state index in [1.165, 1.54) is 0 Å². The highest BCUT2D eigenvalue weighted by Gasteiger charge is 2.25. The maximum Gasteiger partial charge on any atom is 0.410 e. The molecule has 0 saturated carbocycles. The van der Waals surface area contributed by atoms with Gasteiger partial charge in [-0.3, -0.25) is 4.99 Å². The third kappa shape index (κ3) is 8.82. The molecule has 27 heavy (non-hydrogen) atoms. The first-order valence-corrected chi connectivity index (χ1v) is 10.2. The van der Waals surface area contributed by atoms with Crippen LogP contribution < -0.4 is 5.32 Å². The minimum atomic E-state index is -0.477. The van der Waals surface area contributed by atoms with E-state index in [9.17, 15) is 4.79 Å². The molecular formula is C20H40N4O3. The van der Waals surface area contributed by atoms with Crippen molar-refractivity contribution in [3.05, 3.63) is 0 Å². The van der Waals surface area contributed by atoms with Crippen LogP contribution in [0.3, 0.4) is 0 Å². The zero-order chi connectivity index (χ0) is 20.4. The summed E-state index contributed by atoms with van der Waals surface area (Å²) in [6.45, 7) is 16.9. The predicted octanol–water partition coefficient (Wildman–Crippen LogP) is 2.96. The highest BCUT2D eigenvalue weighted by Crippen LogP contribution is 2.17. The molecule has 2 atom stereocenters. The topological polar surface area (TPSA) is 66.4 Å². The highest BCUT2D eigenvalue weighted by molar-refractivity contribution is 5.80. The van der Waals surface area contributed by atoms with E-state index in [0.717, 1.165) is 51.6 Å². The number of guanidine groups is 1. The number of carbonyl (C=O) groups is 1. The molecule has 1 amide bonds. The van der Waals surface area contributed by atoms with Gasteiger partial charge in [0.2, 0.25) is 0 Å². The van der Waals surface area contributed by atoms with Gasteiger partial charge in [0.25, 0.3) is 0 Å². The molecule has 1 aliphatic heterocycles. The van der Waals surface area contributed by atoms with E-state index in [2.05, 4.69) is 17.1 Å². The van der Waals surface area contributed by atoms with Crippen LogP contribution in [-0.2, 0) is 9.47 Å². The number of carbonyl (C=O) groups excluding carboxylic acids is 1. The molecule has 0 aromatic rings. The van der Waals surface area contributed by atoms with Gasteiger partial charge in [0.05, 0.1) is 6.61 Å². The summed E-state index contributed by atoms with van der Waals surface area (Å²) in [6.07, 6.45) is 1.65. The number of hydrogen-bond donors (Lipinski definition) is 1. The Morgan fingerprint density at radius 1 is 1.37 bits per heavy atom. The lowest BCUT2D eigenvalue weighted by molar-refractivity contribution is 0.0231. The van der Waals surface area contributed by atoms with E-state index in [4.69, 9.17) is 14.5 Å². The zero-order valence-electron chi connectivity index (χ0n) is 18.4. The lowest BCUT2D eigenvalue weighted by Crippen LogP contribution is -2.41. The van der Waals surface area contributed by atoms with Gasteiger partial charge in [-0.2, -0.15) is 0 Å². The number of hydrogen-bond acceptors (Lipinski definition) is 4. The third-order valence-corrected chi connectivity index (χ3v) is 4.63. The Hall–Kier alpha value is -1.50. The van der Waals surface area contributed by atoms with Crippen molar-refractivity contribution < 1.29 is 14.3 Å². The molecule has 0 radical (unpaired) electrons. The van der Waals surface area contributed by atoms with Crippen LogP contribution in [0.15, 0.2) is 4.99 Å². The second-order valence-corrected chi connectivity index (χ2v) is 8.22. The van der Waals surface area contributed by atoms with E-state index in [1.54, 1.807) is 11.9 Å². The number of nitrogens with one attached hydrogen (secondary N) is 1. The van der Waals surface area contributed by atoms with Crippen LogP contribution in [-0.4, -0.2) is 79.9 Å². The smallest absolute Gasteiger partial charge is 0.410 e. The van der Waals surface area contributed by atoms with E-state index >= 15 is 0 Å². The van der Waals surface area contributed by atoms with E-state index in [-0.39, 0.29) is 12.1 Å². The van der Waals surface area contributed by atoms with Gasteiger partial charge in [0.1, 0.15) is 5.60 Å². The normalized spacial score (nSPS) is 19.1. The first kappa shape index (κ1) is 23.5. The van der Waals surface area contributed by atoms with Gasteiger partial charge in [0, 0.05) is 51.8 Å². The number of likely N-dealkylation sites (tertiary alicyclic amines) is 1. The molecule has 1 N–H and O–H groups in total. The zero-order valence-corrected chi connectivity index (χ0v) is 18.4. The Balaban J connectivity index is 2.52. The van der Waals surface area contributed by atoms with Crippen molar-refractivity contribution in [2.45, 2.75) is 66.0 Å². The first-order chi connectivity index (χ1) is 12.7. The van der Waals surface area contributed by atoms with Gasteiger partial charge in [0.15, 0.2) is 5.96 Å². The van der Waals surface area contributed by atoms with Crippen molar-refractivity contribution in [2.24, 2.45) is 10.9 Å². The summed E-state index contributed by atoms with van der Waals surface area (Å²) in [7, 11) is 1.78. The average molecular weight is 385 g/mol. The second kappa shape index (κ2) is 11.4. The van der Waals surface area contributed by atoms with Crippen LogP contribution in [0.25, 0.3) is 0 Å². The maximum atomic E-state index is 12.2. The van der Waals surface area contributed by atoms with E-state index in [0.29, 0.717) is 12.5 Å². The Kier molecular flexibility index (Phi) is 9.91. The van der Waals surface area contributed by atoms with Gasteiger partial charge in [-0.15, -0.1) is 0 Å². The van der Waals surface area contributed by atoms with Crippen LogP contribution in [0, 0.1) is 5.92 Å². The molecule has 158 valence electrons. The molecule has 7 nitrogen and oxygen atoms in total. The lowest BCUT2D eigenvalue weighted by atomic mass is 10.1. The summed E-state index contributed by atoms with van der Waals surface area (Å²) < 4.78 is 11.0. The van der Waals surface area contributed by atoms with Crippen molar-refractivity contribution in [3.8, 4) is 0 Å². The Labute approximate surface area is 165 Å². The van der Waals surface area contributed by atoms with Crippen LogP contribution in [0.2, 0.25) is 0 Å². The molecule has 2 unspecified atom stereocenters. The monoisotopic (exact) mass is 384 g/mol. The van der Waals surface area contributed by atoms with Gasteiger partial charge < -0.3 is 24.6 Å². The van der Waals surface area contributed by atoms with Crippen molar-refractivity contribution in [1.82, 2.24) is 15.1 Å². The fourth-order valence-electron chi connectivity index (χ4n) is 2.94. The maximum absolute atomic E-state index is 12.2. The van der Waals surface area contributed by atoms with E-state index < -0.39 is 5.60 Å². The summed E-state index contributed by atoms with van der Waals surface area (Å²) in [6, 6.07) is 0.0655. The fraction of sp³-hybridized carbons (Fsp3) is 0.900. The van der Waals surface area contributed by atoms with Gasteiger partial charge in [-0.1, -0.05) is 0 Å². The first-order valence-electron chi connectivity index (χ1n) is 10.2. The molecule has 0 aromatic heterocycles. The molecule has 1 rings (SSSR count). The summed E-state index contributed by atoms with van der Waals surface area (Å²) in [4.78, 5) is 20.9. The van der Waals surface area contributed by atoms with Crippen LogP contribution in [0.4, 0.5) is 4.79 Å². The molecule has 7 heteroatoms. The van der Waals surface area contributed by atoms with Crippen molar-refractivity contribution in [1.29, 1.82) is 0 Å². The van der Waals surface area contributed by atoms with Crippen molar-refractivity contribution in [2.75, 3.05) is 46.4 Å². The van der Waals surface area contributed by atoms with E-state index in [1.807, 2.05) is 34.6 Å². The Morgan fingerprint density at radius 2 is 2.07 bits per heavy atom. The molecule has 0 aromatic carbocycles. The summed E-state index contributed by atoms with van der Waals surface area (Å²) in [5.74, 6) is 1.54. The Bertz CT molecular complexity index is 476. The predicted molar refractivity (Wildman–Crippen MR) is 110 cm³/mol. The molecule has 1 fully saturated rings. The van der Waals surface area contributed by atoms with Gasteiger partial charge >= 0.3 is 6.09 Å². The second-order valence-electron chi connectivity index (χ2n) is 8.22. The lowest BCUT2D eigenvalue weighted by Gasteiger charge is -2.28. The number of aliphatic imine (C=N–C) groups is 1. The largest absolute Gasteiger partial charge is 0.444 e. The summed E-state index contributed by atoms with van der Waals surface area (Å²) in [5, 5.41) is 3.39. The molecular weight excluding hydrogens is 344 g/mol. The van der Waals surface area contributed by atoms with Crippen LogP contribution in [0.1, 0.15) is 54.4 Å². The Morgan fingerprint density at radius 3 is 2.67 bits per heavy atom. The summed E-state index contributed by atoms with van der Waals surface area (Å²) >= 11 is 0. The van der Waals surface area contributed by atoms with Crippen molar-refractivity contribution >= 4 is 12.1 Å². The molecule has 0 aliphatic carbocycles. The molecule has 1 saturated heterocycles. The quantitative estimate of drug-likeness (QED) is 0.515. The average Bonchev–Trinajstić information content (AvgIpc) is 3.05.